The maximum atomic E-state index is 12.2. The molecular formula is C22H31NO4. The molecule has 0 saturated heterocycles. The van der Waals surface area contributed by atoms with Crippen molar-refractivity contribution >= 4 is 22.9 Å². The Morgan fingerprint density at radius 2 is 1.93 bits per heavy atom. The predicted octanol–water partition coefficient (Wildman–Crippen LogP) is 4.02. The van der Waals surface area contributed by atoms with Crippen molar-refractivity contribution in [3.8, 4) is 0 Å². The highest BCUT2D eigenvalue weighted by Crippen LogP contribution is 2.27. The average molecular weight is 373 g/mol. The van der Waals surface area contributed by atoms with Gasteiger partial charge in [-0.3, -0.25) is 9.78 Å². The maximum Gasteiger partial charge on any atom is 0.315 e. The van der Waals surface area contributed by atoms with Crippen LogP contribution in [0.15, 0.2) is 36.4 Å². The van der Waals surface area contributed by atoms with E-state index in [-0.39, 0.29) is 5.97 Å². The van der Waals surface area contributed by atoms with Crippen molar-refractivity contribution in [1.29, 1.82) is 0 Å². The first-order valence-corrected chi connectivity index (χ1v) is 9.22. The van der Waals surface area contributed by atoms with Gasteiger partial charge in [0.15, 0.2) is 0 Å². The Bertz CT molecular complexity index is 757. The lowest BCUT2D eigenvalue weighted by atomic mass is 9.86. The molecule has 0 fully saturated rings. The number of hydrogen-bond donors (Lipinski definition) is 1. The first-order chi connectivity index (χ1) is 13.0. The van der Waals surface area contributed by atoms with Crippen molar-refractivity contribution in [1.82, 2.24) is 4.98 Å². The standard InChI is InChI=1S/C21H27NO3.CH4O/c1-5-18-10-9-17-8-7-16(15-19(17)22-18)11-12-21(3,20(23)24-4)13-14-25-6-2;1-2/h7-12,15H,5-6,13-14H2,1-4H3;2H,1H3/b12-11+;. The fourth-order valence-electron chi connectivity index (χ4n) is 2.67. The molecule has 0 radical (unpaired) electrons. The zero-order chi connectivity index (χ0) is 20.3. The minimum absolute atomic E-state index is 0.254. The van der Waals surface area contributed by atoms with Gasteiger partial charge in [0, 0.05) is 31.4 Å². The molecule has 0 aliphatic rings. The summed E-state index contributed by atoms with van der Waals surface area (Å²) in [6, 6.07) is 10.3. The van der Waals surface area contributed by atoms with Crippen LogP contribution in [0.4, 0.5) is 0 Å². The van der Waals surface area contributed by atoms with Gasteiger partial charge < -0.3 is 14.6 Å². The number of nitrogens with zero attached hydrogens (tertiary/aromatic N) is 1. The number of rotatable bonds is 8. The van der Waals surface area contributed by atoms with E-state index in [1.807, 2.05) is 38.1 Å². The molecule has 1 atom stereocenters. The molecule has 1 aromatic carbocycles. The monoisotopic (exact) mass is 373 g/mol. The predicted molar refractivity (Wildman–Crippen MR) is 110 cm³/mol. The van der Waals surface area contributed by atoms with Crippen LogP contribution in [-0.2, 0) is 20.7 Å². The van der Waals surface area contributed by atoms with E-state index >= 15 is 0 Å². The molecule has 0 aliphatic heterocycles. The van der Waals surface area contributed by atoms with Crippen molar-refractivity contribution < 1.29 is 19.4 Å². The third kappa shape index (κ3) is 6.45. The Morgan fingerprint density at radius 1 is 1.22 bits per heavy atom. The molecule has 2 rings (SSSR count). The number of fused-ring (bicyclic) bond motifs is 1. The largest absolute Gasteiger partial charge is 0.468 e. The van der Waals surface area contributed by atoms with Crippen molar-refractivity contribution in [3.63, 3.8) is 0 Å². The van der Waals surface area contributed by atoms with E-state index in [1.54, 1.807) is 0 Å². The number of aromatic nitrogens is 1. The zero-order valence-electron chi connectivity index (χ0n) is 17.0. The van der Waals surface area contributed by atoms with Crippen LogP contribution in [0.3, 0.4) is 0 Å². The Labute approximate surface area is 162 Å². The second-order valence-corrected chi connectivity index (χ2v) is 6.30. The number of carbonyl (C=O) groups excluding carboxylic acids is 1. The normalized spacial score (nSPS) is 13.1. The van der Waals surface area contributed by atoms with Crippen LogP contribution in [0.2, 0.25) is 0 Å². The molecule has 5 nitrogen and oxygen atoms in total. The van der Waals surface area contributed by atoms with E-state index < -0.39 is 5.41 Å². The van der Waals surface area contributed by atoms with Crippen LogP contribution < -0.4 is 0 Å². The van der Waals surface area contributed by atoms with Crippen LogP contribution in [0.5, 0.6) is 0 Å². The number of benzene rings is 1. The highest BCUT2D eigenvalue weighted by Gasteiger charge is 2.31. The molecule has 0 bridgehead atoms. The average Bonchev–Trinajstić information content (AvgIpc) is 2.72. The first kappa shape index (κ1) is 22.8. The molecule has 1 heterocycles. The van der Waals surface area contributed by atoms with Gasteiger partial charge in [-0.2, -0.15) is 0 Å². The highest BCUT2D eigenvalue weighted by molar-refractivity contribution is 5.83. The summed E-state index contributed by atoms with van der Waals surface area (Å²) in [6.45, 7) is 7.07. The van der Waals surface area contributed by atoms with Crippen LogP contribution in [0, 0.1) is 5.41 Å². The van der Waals surface area contributed by atoms with Crippen LogP contribution in [-0.4, -0.2) is 43.5 Å². The van der Waals surface area contributed by atoms with E-state index in [0.29, 0.717) is 19.6 Å². The van der Waals surface area contributed by atoms with E-state index in [0.717, 1.165) is 35.7 Å². The van der Waals surface area contributed by atoms with Gasteiger partial charge in [0.1, 0.15) is 0 Å². The summed E-state index contributed by atoms with van der Waals surface area (Å²) in [7, 11) is 2.42. The van der Waals surface area contributed by atoms with Crippen LogP contribution in [0.1, 0.15) is 38.4 Å². The lowest BCUT2D eigenvalue weighted by molar-refractivity contribution is -0.149. The number of aliphatic hydroxyl groups is 1. The number of pyridine rings is 1. The first-order valence-electron chi connectivity index (χ1n) is 9.22. The minimum Gasteiger partial charge on any atom is -0.468 e. The summed E-state index contributed by atoms with van der Waals surface area (Å²) in [5.41, 5.74) is 2.34. The molecule has 27 heavy (non-hydrogen) atoms. The number of hydrogen-bond acceptors (Lipinski definition) is 5. The summed E-state index contributed by atoms with van der Waals surface area (Å²) < 4.78 is 10.4. The Kier molecular flexibility index (Phi) is 9.68. The van der Waals surface area contributed by atoms with Gasteiger partial charge in [0.05, 0.1) is 18.0 Å². The lowest BCUT2D eigenvalue weighted by Crippen LogP contribution is -2.28. The number of esters is 1. The van der Waals surface area contributed by atoms with Gasteiger partial charge in [-0.25, -0.2) is 0 Å². The van der Waals surface area contributed by atoms with Gasteiger partial charge in [-0.15, -0.1) is 0 Å². The summed E-state index contributed by atoms with van der Waals surface area (Å²) in [5.74, 6) is -0.254. The van der Waals surface area contributed by atoms with Gasteiger partial charge in [0.25, 0.3) is 0 Å². The SMILES string of the molecule is CCOCCC(C)(/C=C/c1ccc2ccc(CC)nc2c1)C(=O)OC.CO. The van der Waals surface area contributed by atoms with Crippen LogP contribution >= 0.6 is 0 Å². The molecular weight excluding hydrogens is 342 g/mol. The Morgan fingerprint density at radius 3 is 2.56 bits per heavy atom. The van der Waals surface area contributed by atoms with Gasteiger partial charge in [0.2, 0.25) is 0 Å². The topological polar surface area (TPSA) is 68.7 Å². The quantitative estimate of drug-likeness (QED) is 0.559. The second-order valence-electron chi connectivity index (χ2n) is 6.30. The molecule has 1 N–H and O–H groups in total. The van der Waals surface area contributed by atoms with Crippen molar-refractivity contribution in [2.75, 3.05) is 27.4 Å². The number of ether oxygens (including phenoxy) is 2. The van der Waals surface area contributed by atoms with Gasteiger partial charge >= 0.3 is 5.97 Å². The number of aliphatic hydroxyl groups excluding tert-OH is 1. The third-order valence-corrected chi connectivity index (χ3v) is 4.40. The Balaban J connectivity index is 0.00000176. The third-order valence-electron chi connectivity index (χ3n) is 4.40. The smallest absolute Gasteiger partial charge is 0.315 e. The lowest BCUT2D eigenvalue weighted by Gasteiger charge is -2.22. The maximum absolute atomic E-state index is 12.2. The van der Waals surface area contributed by atoms with E-state index in [1.165, 1.54) is 7.11 Å². The van der Waals surface area contributed by atoms with Crippen molar-refractivity contribution in [2.45, 2.75) is 33.6 Å². The molecule has 0 spiro atoms. The molecule has 2 aromatic rings. The molecule has 1 aromatic heterocycles. The zero-order valence-corrected chi connectivity index (χ0v) is 17.0. The molecule has 0 aliphatic carbocycles. The summed E-state index contributed by atoms with van der Waals surface area (Å²) >= 11 is 0. The van der Waals surface area contributed by atoms with E-state index in [4.69, 9.17) is 14.6 Å². The summed E-state index contributed by atoms with van der Waals surface area (Å²) in [5, 5.41) is 8.11. The van der Waals surface area contributed by atoms with Crippen molar-refractivity contribution in [2.24, 2.45) is 5.41 Å². The Hall–Kier alpha value is -2.24. The number of carbonyl (C=O) groups is 1. The molecule has 5 heteroatoms. The molecule has 0 amide bonds. The number of aryl methyl sites for hydroxylation is 1. The molecule has 148 valence electrons. The highest BCUT2D eigenvalue weighted by atomic mass is 16.5. The molecule has 0 saturated carbocycles. The molecule has 1 unspecified atom stereocenters. The summed E-state index contributed by atoms with van der Waals surface area (Å²) in [6.07, 6.45) is 5.36. The van der Waals surface area contributed by atoms with E-state index in [2.05, 4.69) is 30.1 Å². The number of methoxy groups -OCH3 is 1. The second kappa shape index (κ2) is 11.5. The van der Waals surface area contributed by atoms with Gasteiger partial charge in [-0.05, 0) is 44.4 Å². The van der Waals surface area contributed by atoms with E-state index in [9.17, 15) is 4.79 Å². The summed E-state index contributed by atoms with van der Waals surface area (Å²) in [4.78, 5) is 16.9. The van der Waals surface area contributed by atoms with Crippen LogP contribution in [0.25, 0.3) is 17.0 Å². The fourth-order valence-corrected chi connectivity index (χ4v) is 2.67. The van der Waals surface area contributed by atoms with Crippen molar-refractivity contribution in [3.05, 3.63) is 47.7 Å². The van der Waals surface area contributed by atoms with Gasteiger partial charge in [-0.1, -0.05) is 37.3 Å². The fraction of sp³-hybridized carbons (Fsp3) is 0.455. The minimum atomic E-state index is -0.711.